The summed E-state index contributed by atoms with van der Waals surface area (Å²) >= 11 is 0. The Labute approximate surface area is 104 Å². The van der Waals surface area contributed by atoms with Crippen molar-refractivity contribution >= 4 is 16.7 Å². The number of aromatic amines is 2. The van der Waals surface area contributed by atoms with Crippen molar-refractivity contribution in [3.63, 3.8) is 0 Å². The minimum atomic E-state index is 0.238. The number of aromatic hydroxyl groups is 1. The Kier molecular flexibility index (Phi) is 2.10. The summed E-state index contributed by atoms with van der Waals surface area (Å²) in [6.07, 6.45) is 1.62. The van der Waals surface area contributed by atoms with Crippen LogP contribution in [0, 0.1) is 13.8 Å². The lowest BCUT2D eigenvalue weighted by molar-refractivity contribution is 0.483. The standard InChI is InChI=1S/C13H14N4O/c1-6-7(2)16-10-4-3-8(12(18)11(6)10)9-5-15-17-13(9)14/h3-5,16,18H,1-2H3,(H3,14,15,17). The second kappa shape index (κ2) is 3.53. The van der Waals surface area contributed by atoms with Gasteiger partial charge in [-0.1, -0.05) is 0 Å². The Morgan fingerprint density at radius 2 is 2.00 bits per heavy atom. The molecule has 0 fully saturated rings. The summed E-state index contributed by atoms with van der Waals surface area (Å²) in [6, 6.07) is 3.78. The molecule has 0 spiro atoms. The van der Waals surface area contributed by atoms with Crippen LogP contribution in [-0.4, -0.2) is 20.3 Å². The normalized spacial score (nSPS) is 11.2. The number of fused-ring (bicyclic) bond motifs is 1. The number of hydrogen-bond donors (Lipinski definition) is 4. The first kappa shape index (κ1) is 10.7. The minimum absolute atomic E-state index is 0.238. The van der Waals surface area contributed by atoms with E-state index in [1.54, 1.807) is 6.20 Å². The first-order chi connectivity index (χ1) is 8.59. The van der Waals surface area contributed by atoms with E-state index in [9.17, 15) is 5.11 Å². The fourth-order valence-corrected chi connectivity index (χ4v) is 2.29. The summed E-state index contributed by atoms with van der Waals surface area (Å²) in [5.74, 6) is 0.692. The smallest absolute Gasteiger partial charge is 0.133 e. The molecule has 0 aliphatic carbocycles. The van der Waals surface area contributed by atoms with E-state index in [-0.39, 0.29) is 5.75 Å². The van der Waals surface area contributed by atoms with Gasteiger partial charge in [0.25, 0.3) is 0 Å². The lowest BCUT2D eigenvalue weighted by atomic mass is 10.0. The van der Waals surface area contributed by atoms with Crippen LogP contribution >= 0.6 is 0 Å². The third-order valence-electron chi connectivity index (χ3n) is 3.40. The molecule has 0 saturated heterocycles. The maximum atomic E-state index is 10.4. The van der Waals surface area contributed by atoms with E-state index in [0.717, 1.165) is 22.2 Å². The number of aromatic nitrogens is 3. The molecule has 2 heterocycles. The fourth-order valence-electron chi connectivity index (χ4n) is 2.29. The average molecular weight is 242 g/mol. The molecule has 3 aromatic rings. The van der Waals surface area contributed by atoms with E-state index in [1.165, 1.54) is 0 Å². The molecule has 0 saturated carbocycles. The van der Waals surface area contributed by atoms with Crippen LogP contribution in [-0.2, 0) is 0 Å². The largest absolute Gasteiger partial charge is 0.507 e. The van der Waals surface area contributed by atoms with E-state index in [2.05, 4.69) is 15.2 Å². The molecule has 5 heteroatoms. The summed E-state index contributed by atoms with van der Waals surface area (Å²) in [6.45, 7) is 3.97. The highest BCUT2D eigenvalue weighted by molar-refractivity contribution is 5.97. The predicted molar refractivity (Wildman–Crippen MR) is 71.4 cm³/mol. The lowest BCUT2D eigenvalue weighted by Gasteiger charge is -2.05. The number of nitrogens with two attached hydrogens (primary N) is 1. The molecule has 0 unspecified atom stereocenters. The molecule has 0 amide bonds. The van der Waals surface area contributed by atoms with E-state index >= 15 is 0 Å². The molecule has 0 radical (unpaired) electrons. The van der Waals surface area contributed by atoms with Crippen LogP contribution in [0.25, 0.3) is 22.0 Å². The highest BCUT2D eigenvalue weighted by atomic mass is 16.3. The Balaban J connectivity index is 2.36. The van der Waals surface area contributed by atoms with Gasteiger partial charge in [0.05, 0.1) is 6.20 Å². The predicted octanol–water partition coefficient (Wildman–Crippen LogP) is 2.46. The quantitative estimate of drug-likeness (QED) is 0.528. The number of rotatable bonds is 1. The molecule has 2 aromatic heterocycles. The van der Waals surface area contributed by atoms with Crippen LogP contribution in [0.4, 0.5) is 5.82 Å². The van der Waals surface area contributed by atoms with Crippen LogP contribution < -0.4 is 5.73 Å². The van der Waals surface area contributed by atoms with Crippen LogP contribution in [0.2, 0.25) is 0 Å². The maximum Gasteiger partial charge on any atom is 0.133 e. The number of nitrogens with zero attached hydrogens (tertiary/aromatic N) is 1. The van der Waals surface area contributed by atoms with E-state index < -0.39 is 0 Å². The lowest BCUT2D eigenvalue weighted by Crippen LogP contribution is -1.88. The third kappa shape index (κ3) is 1.30. The highest BCUT2D eigenvalue weighted by Crippen LogP contribution is 2.39. The first-order valence-corrected chi connectivity index (χ1v) is 5.69. The van der Waals surface area contributed by atoms with Gasteiger partial charge in [0.2, 0.25) is 0 Å². The second-order valence-electron chi connectivity index (χ2n) is 4.46. The van der Waals surface area contributed by atoms with E-state index in [4.69, 9.17) is 5.73 Å². The minimum Gasteiger partial charge on any atom is -0.507 e. The van der Waals surface area contributed by atoms with Crippen molar-refractivity contribution in [2.75, 3.05) is 5.73 Å². The summed E-state index contributed by atoms with van der Waals surface area (Å²) in [7, 11) is 0. The van der Waals surface area contributed by atoms with Crippen molar-refractivity contribution in [2.24, 2.45) is 0 Å². The van der Waals surface area contributed by atoms with Gasteiger partial charge in [0, 0.05) is 27.7 Å². The summed E-state index contributed by atoms with van der Waals surface area (Å²) < 4.78 is 0. The molecule has 0 aliphatic heterocycles. The molecule has 18 heavy (non-hydrogen) atoms. The SMILES string of the molecule is Cc1[nH]c2ccc(-c3cn[nH]c3N)c(O)c2c1C. The van der Waals surface area contributed by atoms with Crippen LogP contribution in [0.3, 0.4) is 0 Å². The Morgan fingerprint density at radius 1 is 1.22 bits per heavy atom. The van der Waals surface area contributed by atoms with Crippen molar-refractivity contribution in [1.29, 1.82) is 0 Å². The average Bonchev–Trinajstić information content (AvgIpc) is 2.86. The Morgan fingerprint density at radius 3 is 2.67 bits per heavy atom. The number of anilines is 1. The summed E-state index contributed by atoms with van der Waals surface area (Å²) in [5, 5.41) is 17.8. The molecule has 0 aliphatic rings. The van der Waals surface area contributed by atoms with Crippen molar-refractivity contribution in [2.45, 2.75) is 13.8 Å². The zero-order valence-electron chi connectivity index (χ0n) is 10.2. The van der Waals surface area contributed by atoms with Gasteiger partial charge in [-0.25, -0.2) is 0 Å². The molecular weight excluding hydrogens is 228 g/mol. The third-order valence-corrected chi connectivity index (χ3v) is 3.40. The van der Waals surface area contributed by atoms with Crippen molar-refractivity contribution < 1.29 is 5.11 Å². The van der Waals surface area contributed by atoms with Gasteiger partial charge in [-0.2, -0.15) is 5.10 Å². The maximum absolute atomic E-state index is 10.4. The number of benzene rings is 1. The van der Waals surface area contributed by atoms with E-state index in [1.807, 2.05) is 26.0 Å². The summed E-state index contributed by atoms with van der Waals surface area (Å²) in [5.41, 5.74) is 10.2. The van der Waals surface area contributed by atoms with Gasteiger partial charge in [-0.3, -0.25) is 5.10 Å². The number of nitrogen functional groups attached to an aromatic ring is 1. The van der Waals surface area contributed by atoms with Gasteiger partial charge in [-0.05, 0) is 31.5 Å². The first-order valence-electron chi connectivity index (χ1n) is 5.69. The number of nitrogens with one attached hydrogen (secondary N) is 2. The molecule has 0 atom stereocenters. The Hall–Kier alpha value is -2.43. The molecule has 0 bridgehead atoms. The van der Waals surface area contributed by atoms with Crippen molar-refractivity contribution in [3.05, 3.63) is 29.6 Å². The number of phenols is 1. The molecule has 92 valence electrons. The van der Waals surface area contributed by atoms with Crippen LogP contribution in [0.15, 0.2) is 18.3 Å². The van der Waals surface area contributed by atoms with Gasteiger partial charge < -0.3 is 15.8 Å². The fraction of sp³-hybridized carbons (Fsp3) is 0.154. The molecule has 5 N–H and O–H groups in total. The highest BCUT2D eigenvalue weighted by Gasteiger charge is 2.15. The van der Waals surface area contributed by atoms with Gasteiger partial charge in [-0.15, -0.1) is 0 Å². The van der Waals surface area contributed by atoms with Crippen LogP contribution in [0.1, 0.15) is 11.3 Å². The monoisotopic (exact) mass is 242 g/mol. The van der Waals surface area contributed by atoms with E-state index in [0.29, 0.717) is 16.9 Å². The van der Waals surface area contributed by atoms with Crippen molar-refractivity contribution in [3.8, 4) is 16.9 Å². The van der Waals surface area contributed by atoms with Gasteiger partial charge in [0.15, 0.2) is 0 Å². The van der Waals surface area contributed by atoms with Gasteiger partial charge in [0.1, 0.15) is 11.6 Å². The number of H-pyrrole nitrogens is 2. The number of phenolic OH excluding ortho intramolecular Hbond substituents is 1. The molecular formula is C13H14N4O. The zero-order valence-corrected chi connectivity index (χ0v) is 10.2. The summed E-state index contributed by atoms with van der Waals surface area (Å²) in [4.78, 5) is 3.24. The molecule has 1 aromatic carbocycles. The van der Waals surface area contributed by atoms with Gasteiger partial charge >= 0.3 is 0 Å². The van der Waals surface area contributed by atoms with Crippen LogP contribution in [0.5, 0.6) is 5.75 Å². The number of hydrogen-bond acceptors (Lipinski definition) is 3. The second-order valence-corrected chi connectivity index (χ2v) is 4.46. The molecule has 3 rings (SSSR count). The zero-order chi connectivity index (χ0) is 12.9. The Bertz CT molecular complexity index is 739. The molecule has 5 nitrogen and oxygen atoms in total. The van der Waals surface area contributed by atoms with Crippen molar-refractivity contribution in [1.82, 2.24) is 15.2 Å². The topological polar surface area (TPSA) is 90.7 Å². The number of aryl methyl sites for hydroxylation is 2.